The molecule has 0 N–H and O–H groups in total. The largest absolute Gasteiger partial charge is 0.300 e. The number of hydrogen-bond acceptors (Lipinski definition) is 8. The van der Waals surface area contributed by atoms with Crippen LogP contribution < -0.4 is 0 Å². The van der Waals surface area contributed by atoms with Crippen molar-refractivity contribution < 1.29 is 28.8 Å². The molecule has 4 amide bonds. The number of amides is 4. The first kappa shape index (κ1) is 24.6. The van der Waals surface area contributed by atoms with E-state index in [0.29, 0.717) is 6.42 Å². The molecule has 0 bridgehead atoms. The maximum Gasteiger partial charge on any atom is 0.242 e. The minimum absolute atomic E-state index is 0.0286. The Balaban J connectivity index is 1.81. The van der Waals surface area contributed by atoms with Gasteiger partial charge in [0, 0.05) is 51.1 Å². The molecule has 2 fully saturated rings. The van der Waals surface area contributed by atoms with Gasteiger partial charge in [-0.2, -0.15) is 23.5 Å². The molecule has 30 heavy (non-hydrogen) atoms. The van der Waals surface area contributed by atoms with Gasteiger partial charge in [0.05, 0.1) is 10.5 Å². The van der Waals surface area contributed by atoms with Gasteiger partial charge in [0.15, 0.2) is 0 Å². The van der Waals surface area contributed by atoms with Crippen molar-refractivity contribution in [3.8, 4) is 0 Å². The van der Waals surface area contributed by atoms with Gasteiger partial charge >= 0.3 is 0 Å². The number of hydrogen-bond donors (Lipinski definition) is 0. The highest BCUT2D eigenvalue weighted by Crippen LogP contribution is 2.25. The lowest BCUT2D eigenvalue weighted by Crippen LogP contribution is -2.35. The maximum atomic E-state index is 12.5. The number of carbonyl (C=O) groups excluding carboxylic acids is 6. The van der Waals surface area contributed by atoms with Crippen molar-refractivity contribution in [1.82, 2.24) is 9.80 Å². The summed E-state index contributed by atoms with van der Waals surface area (Å²) in [4.78, 5) is 75.3. The predicted molar refractivity (Wildman–Crippen MR) is 115 cm³/mol. The Bertz CT molecular complexity index is 741. The molecule has 2 aliphatic rings. The molecule has 0 aliphatic carbocycles. The van der Waals surface area contributed by atoms with Gasteiger partial charge in [-0.3, -0.25) is 38.6 Å². The van der Waals surface area contributed by atoms with Gasteiger partial charge in [-0.1, -0.05) is 6.92 Å². The number of thioether (sulfide) groups is 2. The van der Waals surface area contributed by atoms with Crippen molar-refractivity contribution in [2.75, 3.05) is 25.6 Å². The number of carbonyl (C=O) groups is 6. The summed E-state index contributed by atoms with van der Waals surface area (Å²) in [6.45, 7) is 1.90. The van der Waals surface area contributed by atoms with Gasteiger partial charge in [-0.15, -0.1) is 0 Å². The van der Waals surface area contributed by atoms with E-state index >= 15 is 0 Å². The molecule has 3 atom stereocenters. The van der Waals surface area contributed by atoms with Crippen molar-refractivity contribution >= 4 is 58.7 Å². The van der Waals surface area contributed by atoms with E-state index in [1.165, 1.54) is 23.5 Å². The van der Waals surface area contributed by atoms with Crippen LogP contribution in [0.1, 0.15) is 45.4 Å². The molecule has 0 aromatic carbocycles. The van der Waals surface area contributed by atoms with E-state index in [4.69, 9.17) is 0 Å². The zero-order valence-electron chi connectivity index (χ0n) is 17.5. The van der Waals surface area contributed by atoms with Gasteiger partial charge in [0.25, 0.3) is 0 Å². The van der Waals surface area contributed by atoms with Crippen molar-refractivity contribution in [3.05, 3.63) is 0 Å². The molecule has 0 spiro atoms. The number of likely N-dealkylation sites (tertiary alicyclic amines) is 2. The molecular weight excluding hydrogens is 428 g/mol. The highest BCUT2D eigenvalue weighted by atomic mass is 32.2. The van der Waals surface area contributed by atoms with Crippen LogP contribution in [0.25, 0.3) is 0 Å². The Morgan fingerprint density at radius 2 is 1.37 bits per heavy atom. The Morgan fingerprint density at radius 3 is 1.77 bits per heavy atom. The van der Waals surface area contributed by atoms with E-state index in [1.54, 1.807) is 12.5 Å². The highest BCUT2D eigenvalue weighted by Gasteiger charge is 2.39. The van der Waals surface area contributed by atoms with Crippen LogP contribution in [0.4, 0.5) is 0 Å². The normalized spacial score (nSPS) is 22.9. The predicted octanol–water partition coefficient (Wildman–Crippen LogP) is 1.30. The molecular formula is C20H28N2O6S2. The maximum absolute atomic E-state index is 12.5. The van der Waals surface area contributed by atoms with E-state index in [1.807, 2.05) is 6.92 Å². The summed E-state index contributed by atoms with van der Waals surface area (Å²) in [5.41, 5.74) is 0. The van der Waals surface area contributed by atoms with E-state index in [9.17, 15) is 28.8 Å². The topological polar surface area (TPSA) is 109 Å². The lowest BCUT2D eigenvalue weighted by Gasteiger charge is -2.18. The minimum atomic E-state index is -0.495. The van der Waals surface area contributed by atoms with Crippen LogP contribution in [0.15, 0.2) is 0 Å². The zero-order valence-corrected chi connectivity index (χ0v) is 19.2. The summed E-state index contributed by atoms with van der Waals surface area (Å²) in [6.07, 6.45) is 4.43. The molecule has 8 nitrogen and oxygen atoms in total. The molecule has 0 radical (unpaired) electrons. The van der Waals surface area contributed by atoms with Crippen molar-refractivity contribution in [2.24, 2.45) is 5.92 Å². The smallest absolute Gasteiger partial charge is 0.242 e. The van der Waals surface area contributed by atoms with E-state index < -0.39 is 5.92 Å². The number of rotatable bonds is 12. The molecule has 166 valence electrons. The third-order valence-electron chi connectivity index (χ3n) is 5.59. The second kappa shape index (κ2) is 11.1. The summed E-state index contributed by atoms with van der Waals surface area (Å²) in [5, 5.41) is -0.753. The molecule has 0 aromatic heterocycles. The molecule has 2 saturated heterocycles. The van der Waals surface area contributed by atoms with E-state index in [-0.39, 0.29) is 90.9 Å². The van der Waals surface area contributed by atoms with Crippen molar-refractivity contribution in [3.63, 3.8) is 0 Å². The van der Waals surface area contributed by atoms with E-state index in [0.717, 1.165) is 9.80 Å². The number of imide groups is 2. The first-order valence-corrected chi connectivity index (χ1v) is 12.6. The Kier molecular flexibility index (Phi) is 9.09. The molecule has 2 rings (SSSR count). The number of Topliss-reactive ketones (excluding diaryl/α,β-unsaturated/α-hetero) is 2. The van der Waals surface area contributed by atoms with Crippen LogP contribution in [-0.2, 0) is 28.8 Å². The molecule has 10 heteroatoms. The summed E-state index contributed by atoms with van der Waals surface area (Å²) in [6, 6.07) is 0. The van der Waals surface area contributed by atoms with E-state index in [2.05, 4.69) is 0 Å². The van der Waals surface area contributed by atoms with Gasteiger partial charge < -0.3 is 0 Å². The van der Waals surface area contributed by atoms with Crippen LogP contribution in [0.5, 0.6) is 0 Å². The lowest BCUT2D eigenvalue weighted by molar-refractivity contribution is -0.141. The summed E-state index contributed by atoms with van der Waals surface area (Å²) in [7, 11) is 0. The Hall–Kier alpha value is -1.68. The first-order chi connectivity index (χ1) is 14.2. The van der Waals surface area contributed by atoms with Crippen LogP contribution in [0.3, 0.4) is 0 Å². The quantitative estimate of drug-likeness (QED) is 0.404. The van der Waals surface area contributed by atoms with Crippen molar-refractivity contribution in [2.45, 2.75) is 55.9 Å². The Morgan fingerprint density at radius 1 is 0.900 bits per heavy atom. The number of nitrogens with zero attached hydrogens (tertiary/aromatic N) is 2. The van der Waals surface area contributed by atoms with Crippen LogP contribution in [0.2, 0.25) is 0 Å². The fraction of sp³-hybridized carbons (Fsp3) is 0.700. The van der Waals surface area contributed by atoms with Gasteiger partial charge in [0.2, 0.25) is 23.6 Å². The molecule has 0 saturated carbocycles. The van der Waals surface area contributed by atoms with Gasteiger partial charge in [0.1, 0.15) is 11.6 Å². The fourth-order valence-electron chi connectivity index (χ4n) is 3.67. The third kappa shape index (κ3) is 5.72. The standard InChI is InChI=1S/C20H28N2O6S2/c1-4-12(14(24)6-8-22-18(26)11-16(30-3)20(22)28)9-13(23)5-7-21-17(25)10-15(29-2)19(21)27/h12,15-16H,4-11H2,1-3H3/t12-,15?,16?/m0/s1. The fourth-order valence-corrected chi connectivity index (χ4v) is 4.95. The summed E-state index contributed by atoms with van der Waals surface area (Å²) < 4.78 is 0. The summed E-state index contributed by atoms with van der Waals surface area (Å²) in [5.74, 6) is -1.88. The SMILES string of the molecule is CC[C@@H](CC(=O)CCN1C(=O)CC(SC)C1=O)C(=O)CCN1C(=O)CC(SC)C1=O. The lowest BCUT2D eigenvalue weighted by atomic mass is 9.92. The van der Waals surface area contributed by atoms with Crippen LogP contribution in [-0.4, -0.2) is 81.1 Å². The van der Waals surface area contributed by atoms with Gasteiger partial charge in [-0.05, 0) is 18.9 Å². The van der Waals surface area contributed by atoms with Crippen LogP contribution >= 0.6 is 23.5 Å². The first-order valence-electron chi connectivity index (χ1n) is 10.0. The molecule has 2 heterocycles. The molecule has 0 aromatic rings. The number of ketones is 2. The summed E-state index contributed by atoms with van der Waals surface area (Å²) >= 11 is 2.65. The molecule has 2 unspecified atom stereocenters. The Labute approximate surface area is 184 Å². The molecule has 2 aliphatic heterocycles. The van der Waals surface area contributed by atoms with Crippen LogP contribution in [0, 0.1) is 5.92 Å². The van der Waals surface area contributed by atoms with Crippen molar-refractivity contribution in [1.29, 1.82) is 0 Å². The highest BCUT2D eigenvalue weighted by molar-refractivity contribution is 8.00. The average molecular weight is 457 g/mol. The monoisotopic (exact) mass is 456 g/mol. The second-order valence-electron chi connectivity index (χ2n) is 7.44. The van der Waals surface area contributed by atoms with Gasteiger partial charge in [-0.25, -0.2) is 0 Å². The second-order valence-corrected chi connectivity index (χ2v) is 9.52. The zero-order chi connectivity index (χ0) is 22.4. The third-order valence-corrected chi connectivity index (χ3v) is 7.47. The average Bonchev–Trinajstić information content (AvgIpc) is 3.16. The minimum Gasteiger partial charge on any atom is -0.300 e.